The summed E-state index contributed by atoms with van der Waals surface area (Å²) in [5, 5.41) is 13.2. The Morgan fingerprint density at radius 3 is 2.40 bits per heavy atom. The van der Waals surface area contributed by atoms with Gasteiger partial charge in [0.2, 0.25) is 10.0 Å². The number of thiophene rings is 1. The van der Waals surface area contributed by atoms with Crippen molar-refractivity contribution in [2.45, 2.75) is 31.1 Å². The van der Waals surface area contributed by atoms with E-state index in [-0.39, 0.29) is 26.0 Å². The third kappa shape index (κ3) is 4.30. The molecule has 30 heavy (non-hydrogen) atoms. The van der Waals surface area contributed by atoms with Crippen LogP contribution >= 0.6 is 11.3 Å². The number of amides is 1. The van der Waals surface area contributed by atoms with Crippen molar-refractivity contribution in [1.82, 2.24) is 9.73 Å². The summed E-state index contributed by atoms with van der Waals surface area (Å²) >= 11 is 0.917. The number of nitrogens with zero attached hydrogens (tertiary/aromatic N) is 3. The number of hydrogen-bond acceptors (Lipinski definition) is 8. The fourth-order valence-corrected chi connectivity index (χ4v) is 5.46. The van der Waals surface area contributed by atoms with Crippen molar-refractivity contribution in [2.24, 2.45) is 5.10 Å². The van der Waals surface area contributed by atoms with Gasteiger partial charge in [0.1, 0.15) is 21.5 Å². The van der Waals surface area contributed by atoms with Crippen LogP contribution in [0.2, 0.25) is 0 Å². The average molecular weight is 447 g/mol. The minimum Gasteiger partial charge on any atom is -0.396 e. The second-order valence-electron chi connectivity index (χ2n) is 6.82. The molecule has 3 rings (SSSR count). The molecular weight excluding hydrogens is 424 g/mol. The quantitative estimate of drug-likeness (QED) is 0.472. The molecule has 0 bridgehead atoms. The summed E-state index contributed by atoms with van der Waals surface area (Å²) in [5.41, 5.74) is 15.1. The number of anilines is 2. The normalized spacial score (nSPS) is 15.5. The first-order chi connectivity index (χ1) is 14.3. The zero-order valence-electron chi connectivity index (χ0n) is 16.4. The van der Waals surface area contributed by atoms with E-state index in [9.17, 15) is 13.2 Å². The maximum atomic E-state index is 12.7. The number of nitriles is 1. The standard InChI is InChI=1S/C19H22N6O3S2/c1-12(23-24-19(26)17-16(21)15(11-20)18(22)29-17)13-5-7-14(8-6-13)30(27,28)25-9-3-2-4-10-25/h5-8H,2-4,9-10,21-22H2,1H3,(H,24,26)/b23-12+. The van der Waals surface area contributed by atoms with Crippen LogP contribution in [0.3, 0.4) is 0 Å². The highest BCUT2D eigenvalue weighted by molar-refractivity contribution is 7.89. The number of hydrogen-bond donors (Lipinski definition) is 3. The molecule has 9 nitrogen and oxygen atoms in total. The van der Waals surface area contributed by atoms with Gasteiger partial charge in [0, 0.05) is 13.1 Å². The molecule has 11 heteroatoms. The van der Waals surface area contributed by atoms with Crippen molar-refractivity contribution in [3.05, 3.63) is 40.3 Å². The second kappa shape index (κ2) is 8.83. The van der Waals surface area contributed by atoms with E-state index in [1.807, 2.05) is 6.07 Å². The van der Waals surface area contributed by atoms with Gasteiger partial charge < -0.3 is 11.5 Å². The summed E-state index contributed by atoms with van der Waals surface area (Å²) in [6.45, 7) is 2.77. The number of benzene rings is 1. The summed E-state index contributed by atoms with van der Waals surface area (Å²) in [5.74, 6) is -0.575. The van der Waals surface area contributed by atoms with Gasteiger partial charge in [-0.25, -0.2) is 13.8 Å². The van der Waals surface area contributed by atoms with Crippen LogP contribution in [0, 0.1) is 11.3 Å². The van der Waals surface area contributed by atoms with E-state index in [1.165, 1.54) is 16.4 Å². The molecule has 5 N–H and O–H groups in total. The van der Waals surface area contributed by atoms with E-state index in [4.69, 9.17) is 16.7 Å². The van der Waals surface area contributed by atoms with Gasteiger partial charge in [-0.15, -0.1) is 11.3 Å². The highest BCUT2D eigenvalue weighted by atomic mass is 32.2. The van der Waals surface area contributed by atoms with Crippen LogP contribution in [0.4, 0.5) is 10.7 Å². The summed E-state index contributed by atoms with van der Waals surface area (Å²) < 4.78 is 27.0. The predicted octanol–water partition coefficient (Wildman–Crippen LogP) is 2.11. The molecule has 1 aromatic heterocycles. The Balaban J connectivity index is 1.73. The molecule has 0 radical (unpaired) electrons. The van der Waals surface area contributed by atoms with Gasteiger partial charge in [-0.1, -0.05) is 18.6 Å². The Morgan fingerprint density at radius 1 is 1.20 bits per heavy atom. The maximum Gasteiger partial charge on any atom is 0.283 e. The van der Waals surface area contributed by atoms with Gasteiger partial charge in [-0.05, 0) is 37.5 Å². The number of sulfonamides is 1. The molecule has 1 aliphatic heterocycles. The molecule has 1 amide bonds. The zero-order chi connectivity index (χ0) is 21.9. The molecule has 1 saturated heterocycles. The highest BCUT2D eigenvalue weighted by Crippen LogP contribution is 2.32. The Kier molecular flexibility index (Phi) is 6.40. The van der Waals surface area contributed by atoms with Crippen molar-refractivity contribution in [3.63, 3.8) is 0 Å². The number of carbonyl (C=O) groups is 1. The fourth-order valence-electron chi connectivity index (χ4n) is 3.12. The third-order valence-electron chi connectivity index (χ3n) is 4.84. The van der Waals surface area contributed by atoms with E-state index in [1.54, 1.807) is 19.1 Å². The smallest absolute Gasteiger partial charge is 0.283 e. The van der Waals surface area contributed by atoms with Crippen molar-refractivity contribution < 1.29 is 13.2 Å². The molecule has 0 spiro atoms. The first-order valence-electron chi connectivity index (χ1n) is 9.28. The van der Waals surface area contributed by atoms with Crippen LogP contribution in [0.25, 0.3) is 0 Å². The average Bonchev–Trinajstić information content (AvgIpc) is 3.05. The van der Waals surface area contributed by atoms with E-state index in [0.717, 1.165) is 30.6 Å². The molecule has 0 aliphatic carbocycles. The topological polar surface area (TPSA) is 155 Å². The van der Waals surface area contributed by atoms with Gasteiger partial charge in [0.05, 0.1) is 16.3 Å². The first kappa shape index (κ1) is 21.8. The van der Waals surface area contributed by atoms with Gasteiger partial charge in [0.15, 0.2) is 0 Å². The summed E-state index contributed by atoms with van der Waals surface area (Å²) in [7, 11) is -3.50. The van der Waals surface area contributed by atoms with Crippen molar-refractivity contribution in [1.29, 1.82) is 5.26 Å². The molecule has 0 atom stereocenters. The summed E-state index contributed by atoms with van der Waals surface area (Å²) in [4.78, 5) is 12.7. The van der Waals surface area contributed by atoms with Gasteiger partial charge in [0.25, 0.3) is 5.91 Å². The van der Waals surface area contributed by atoms with E-state index in [0.29, 0.717) is 24.4 Å². The lowest BCUT2D eigenvalue weighted by molar-refractivity contribution is 0.0959. The molecule has 158 valence electrons. The van der Waals surface area contributed by atoms with Crippen LogP contribution in [0.15, 0.2) is 34.3 Å². The minimum atomic E-state index is -3.50. The second-order valence-corrected chi connectivity index (χ2v) is 9.81. The van der Waals surface area contributed by atoms with Crippen LogP contribution in [0.1, 0.15) is 47.0 Å². The molecule has 2 aromatic rings. The minimum absolute atomic E-state index is 0.0256. The number of hydrazone groups is 1. The number of carbonyl (C=O) groups excluding carboxylic acids is 1. The van der Waals surface area contributed by atoms with E-state index >= 15 is 0 Å². The van der Waals surface area contributed by atoms with E-state index < -0.39 is 15.9 Å². The Bertz CT molecular complexity index is 1120. The maximum absolute atomic E-state index is 12.7. The number of piperidine rings is 1. The number of nitrogens with two attached hydrogens (primary N) is 2. The molecule has 1 aliphatic rings. The Labute approximate surface area is 179 Å². The molecule has 2 heterocycles. The van der Waals surface area contributed by atoms with Crippen molar-refractivity contribution in [2.75, 3.05) is 24.6 Å². The zero-order valence-corrected chi connectivity index (χ0v) is 18.0. The highest BCUT2D eigenvalue weighted by Gasteiger charge is 2.25. The van der Waals surface area contributed by atoms with E-state index in [2.05, 4.69) is 10.5 Å². The molecule has 0 unspecified atom stereocenters. The predicted molar refractivity (Wildman–Crippen MR) is 117 cm³/mol. The third-order valence-corrected chi connectivity index (χ3v) is 7.79. The largest absolute Gasteiger partial charge is 0.396 e. The first-order valence-corrected chi connectivity index (χ1v) is 11.5. The lowest BCUT2D eigenvalue weighted by Crippen LogP contribution is -2.35. The van der Waals surface area contributed by atoms with Gasteiger partial charge in [-0.3, -0.25) is 4.79 Å². The van der Waals surface area contributed by atoms with Crippen molar-refractivity contribution in [3.8, 4) is 6.07 Å². The monoisotopic (exact) mass is 446 g/mol. The number of nitrogens with one attached hydrogen (secondary N) is 1. The Hall–Kier alpha value is -2.94. The van der Waals surface area contributed by atoms with Crippen LogP contribution in [0.5, 0.6) is 0 Å². The van der Waals surface area contributed by atoms with Crippen LogP contribution in [-0.4, -0.2) is 37.4 Å². The van der Waals surface area contributed by atoms with Gasteiger partial charge in [-0.2, -0.15) is 14.7 Å². The molecule has 0 saturated carbocycles. The van der Waals surface area contributed by atoms with Crippen molar-refractivity contribution >= 4 is 43.7 Å². The summed E-state index contributed by atoms with van der Waals surface area (Å²) in [6, 6.07) is 8.23. The van der Waals surface area contributed by atoms with Crippen LogP contribution in [-0.2, 0) is 10.0 Å². The summed E-state index contributed by atoms with van der Waals surface area (Å²) in [6.07, 6.45) is 2.80. The molecule has 1 aromatic carbocycles. The lowest BCUT2D eigenvalue weighted by atomic mass is 10.1. The molecular formula is C19H22N6O3S2. The van der Waals surface area contributed by atoms with Gasteiger partial charge >= 0.3 is 0 Å². The Morgan fingerprint density at radius 2 is 1.83 bits per heavy atom. The number of rotatable bonds is 5. The number of nitrogen functional groups attached to an aromatic ring is 2. The SMILES string of the molecule is C/C(=N\NC(=O)c1sc(N)c(C#N)c1N)c1ccc(S(=O)(=O)N2CCCCC2)cc1. The molecule has 1 fully saturated rings. The van der Waals surface area contributed by atoms with Crippen LogP contribution < -0.4 is 16.9 Å². The lowest BCUT2D eigenvalue weighted by Gasteiger charge is -2.25. The fraction of sp³-hybridized carbons (Fsp3) is 0.316.